The largest absolute Gasteiger partial charge is 0.357 e. The number of carbonyl (C=O) groups excluding carboxylic acids is 2. The zero-order valence-electron chi connectivity index (χ0n) is 11.5. The molecule has 0 spiro atoms. The van der Waals surface area contributed by atoms with Gasteiger partial charge in [0.2, 0.25) is 5.91 Å². The molecule has 1 fully saturated rings. The Kier molecular flexibility index (Phi) is 4.82. The lowest BCUT2D eigenvalue weighted by Gasteiger charge is -2.25. The number of hydrogen-bond acceptors (Lipinski definition) is 2. The van der Waals surface area contributed by atoms with Crippen LogP contribution in [0, 0.1) is 5.92 Å². The van der Waals surface area contributed by atoms with Gasteiger partial charge in [0.15, 0.2) is 0 Å². The van der Waals surface area contributed by atoms with Gasteiger partial charge in [0, 0.05) is 20.1 Å². The molecule has 5 nitrogen and oxygen atoms in total. The number of likely N-dealkylation sites (N-methyl/N-ethyl adjacent to an activating group) is 1. The maximum absolute atomic E-state index is 12.1. The fourth-order valence-corrected chi connectivity index (χ4v) is 2.82. The molecular weight excluding hydrogens is 242 g/mol. The maximum atomic E-state index is 12.1. The highest BCUT2D eigenvalue weighted by molar-refractivity contribution is 5.87. The second-order valence-corrected chi connectivity index (χ2v) is 5.30. The summed E-state index contributed by atoms with van der Waals surface area (Å²) in [6.45, 7) is 1.38. The van der Waals surface area contributed by atoms with Crippen molar-refractivity contribution < 1.29 is 9.59 Å². The van der Waals surface area contributed by atoms with E-state index in [1.54, 1.807) is 11.9 Å². The van der Waals surface area contributed by atoms with E-state index in [0.717, 1.165) is 32.1 Å². The third-order valence-corrected chi connectivity index (χ3v) is 3.98. The quantitative estimate of drug-likeness (QED) is 0.755. The van der Waals surface area contributed by atoms with Gasteiger partial charge in [0.25, 0.3) is 0 Å². The minimum Gasteiger partial charge on any atom is -0.357 e. The molecule has 0 saturated carbocycles. The fraction of sp³-hybridized carbons (Fsp3) is 0.714. The van der Waals surface area contributed by atoms with Crippen molar-refractivity contribution in [3.05, 3.63) is 12.2 Å². The van der Waals surface area contributed by atoms with Gasteiger partial charge in [0.1, 0.15) is 6.04 Å². The molecule has 0 bridgehead atoms. The summed E-state index contributed by atoms with van der Waals surface area (Å²) in [5.41, 5.74) is 0. The summed E-state index contributed by atoms with van der Waals surface area (Å²) in [4.78, 5) is 25.5. The van der Waals surface area contributed by atoms with E-state index in [2.05, 4.69) is 22.8 Å². The van der Waals surface area contributed by atoms with Crippen LogP contribution >= 0.6 is 0 Å². The van der Waals surface area contributed by atoms with Gasteiger partial charge in [-0.15, -0.1) is 0 Å². The number of nitrogens with zero attached hydrogens (tertiary/aromatic N) is 1. The molecule has 3 amide bonds. The Bertz CT molecular complexity index is 368. The molecule has 1 heterocycles. The van der Waals surface area contributed by atoms with E-state index in [1.165, 1.54) is 0 Å². The lowest BCUT2D eigenvalue weighted by molar-refractivity contribution is -0.124. The number of carbonyl (C=O) groups is 2. The van der Waals surface area contributed by atoms with Crippen molar-refractivity contribution in [2.75, 3.05) is 20.1 Å². The van der Waals surface area contributed by atoms with Crippen LogP contribution in [0.5, 0.6) is 0 Å². The monoisotopic (exact) mass is 265 g/mol. The summed E-state index contributed by atoms with van der Waals surface area (Å²) < 4.78 is 0. The highest BCUT2D eigenvalue weighted by Crippen LogP contribution is 2.19. The van der Waals surface area contributed by atoms with E-state index < -0.39 is 0 Å². The molecular formula is C14H23N3O2. The normalized spacial score (nSPS) is 26.3. The molecule has 0 unspecified atom stereocenters. The molecule has 0 aromatic heterocycles. The first-order chi connectivity index (χ1) is 9.22. The molecule has 106 valence electrons. The average Bonchev–Trinajstić information content (AvgIpc) is 2.94. The van der Waals surface area contributed by atoms with E-state index in [1.807, 2.05) is 0 Å². The van der Waals surface area contributed by atoms with Crippen LogP contribution in [0.25, 0.3) is 0 Å². The van der Waals surface area contributed by atoms with Crippen molar-refractivity contribution >= 4 is 11.9 Å². The molecule has 1 aliphatic carbocycles. The summed E-state index contributed by atoms with van der Waals surface area (Å²) in [6.07, 6.45) is 9.32. The fourth-order valence-electron chi connectivity index (χ4n) is 2.82. The van der Waals surface area contributed by atoms with Crippen LogP contribution in [-0.2, 0) is 4.79 Å². The first kappa shape index (κ1) is 13.9. The molecule has 2 N–H and O–H groups in total. The Morgan fingerprint density at radius 3 is 2.84 bits per heavy atom. The van der Waals surface area contributed by atoms with Crippen LogP contribution in [0.1, 0.15) is 32.1 Å². The molecule has 0 radical (unpaired) electrons. The van der Waals surface area contributed by atoms with E-state index >= 15 is 0 Å². The number of amides is 3. The maximum Gasteiger partial charge on any atom is 0.318 e. The highest BCUT2D eigenvalue weighted by Gasteiger charge is 2.33. The minimum absolute atomic E-state index is 0.0618. The zero-order valence-corrected chi connectivity index (χ0v) is 11.5. The molecule has 2 atom stereocenters. The first-order valence-electron chi connectivity index (χ1n) is 7.13. The predicted molar refractivity (Wildman–Crippen MR) is 73.7 cm³/mol. The molecule has 0 aromatic carbocycles. The second-order valence-electron chi connectivity index (χ2n) is 5.30. The van der Waals surface area contributed by atoms with Gasteiger partial charge in [-0.3, -0.25) is 4.79 Å². The summed E-state index contributed by atoms with van der Waals surface area (Å²) in [6, 6.07) is -0.392. The Morgan fingerprint density at radius 1 is 1.32 bits per heavy atom. The van der Waals surface area contributed by atoms with Crippen LogP contribution in [0.15, 0.2) is 12.2 Å². The third-order valence-electron chi connectivity index (χ3n) is 3.98. The lowest BCUT2D eigenvalue weighted by atomic mass is 9.94. The zero-order chi connectivity index (χ0) is 13.7. The highest BCUT2D eigenvalue weighted by atomic mass is 16.2. The number of nitrogens with one attached hydrogen (secondary N) is 2. The molecule has 2 rings (SSSR count). The molecule has 5 heteroatoms. The van der Waals surface area contributed by atoms with Gasteiger partial charge < -0.3 is 15.5 Å². The van der Waals surface area contributed by atoms with Gasteiger partial charge >= 0.3 is 6.03 Å². The number of urea groups is 1. The van der Waals surface area contributed by atoms with Crippen LogP contribution in [0.3, 0.4) is 0 Å². The number of likely N-dealkylation sites (tertiary alicyclic amines) is 1. The van der Waals surface area contributed by atoms with Crippen LogP contribution in [-0.4, -0.2) is 43.0 Å². The average molecular weight is 265 g/mol. The van der Waals surface area contributed by atoms with Crippen molar-refractivity contribution in [3.8, 4) is 0 Å². The summed E-state index contributed by atoms with van der Waals surface area (Å²) in [7, 11) is 1.62. The van der Waals surface area contributed by atoms with Gasteiger partial charge in [-0.1, -0.05) is 12.2 Å². The molecule has 19 heavy (non-hydrogen) atoms. The Balaban J connectivity index is 1.81. The Morgan fingerprint density at radius 2 is 2.16 bits per heavy atom. The second kappa shape index (κ2) is 6.59. The lowest BCUT2D eigenvalue weighted by Crippen LogP contribution is -2.49. The summed E-state index contributed by atoms with van der Waals surface area (Å²) in [5, 5.41) is 5.60. The molecule has 1 aliphatic heterocycles. The van der Waals surface area contributed by atoms with Gasteiger partial charge in [-0.05, 0) is 38.0 Å². The van der Waals surface area contributed by atoms with E-state index in [-0.39, 0.29) is 18.0 Å². The van der Waals surface area contributed by atoms with Gasteiger partial charge in [-0.25, -0.2) is 4.79 Å². The van der Waals surface area contributed by atoms with Gasteiger partial charge in [0.05, 0.1) is 0 Å². The van der Waals surface area contributed by atoms with Crippen LogP contribution < -0.4 is 10.6 Å². The van der Waals surface area contributed by atoms with Crippen molar-refractivity contribution in [2.24, 2.45) is 5.92 Å². The SMILES string of the molecule is CNC(=O)[C@@H]1CCCN1C(=O)NC[C@H]1CC=CCC1. The number of rotatable bonds is 3. The molecule has 2 aliphatic rings. The topological polar surface area (TPSA) is 61.4 Å². The third kappa shape index (κ3) is 3.49. The van der Waals surface area contributed by atoms with Crippen molar-refractivity contribution in [1.82, 2.24) is 15.5 Å². The summed E-state index contributed by atoms with van der Waals surface area (Å²) in [5.74, 6) is 0.475. The van der Waals surface area contributed by atoms with Crippen molar-refractivity contribution in [3.63, 3.8) is 0 Å². The standard InChI is InChI=1S/C14H23N3O2/c1-15-13(18)12-8-5-9-17(12)14(19)16-10-11-6-3-2-4-7-11/h2-3,11-12H,4-10H2,1H3,(H,15,18)(H,16,19)/t11-,12-/m0/s1. The minimum atomic E-state index is -0.295. The smallest absolute Gasteiger partial charge is 0.318 e. The van der Waals surface area contributed by atoms with E-state index in [9.17, 15) is 9.59 Å². The summed E-state index contributed by atoms with van der Waals surface area (Å²) >= 11 is 0. The molecule has 1 saturated heterocycles. The number of hydrogen-bond donors (Lipinski definition) is 2. The Labute approximate surface area is 114 Å². The Hall–Kier alpha value is -1.52. The first-order valence-corrected chi connectivity index (χ1v) is 7.13. The van der Waals surface area contributed by atoms with Gasteiger partial charge in [-0.2, -0.15) is 0 Å². The van der Waals surface area contributed by atoms with Crippen molar-refractivity contribution in [1.29, 1.82) is 0 Å². The number of allylic oxidation sites excluding steroid dienone is 2. The molecule has 0 aromatic rings. The van der Waals surface area contributed by atoms with Crippen LogP contribution in [0.4, 0.5) is 4.79 Å². The predicted octanol–water partition coefficient (Wildman–Crippen LogP) is 1.26. The van der Waals surface area contributed by atoms with Crippen LogP contribution in [0.2, 0.25) is 0 Å². The van der Waals surface area contributed by atoms with E-state index in [4.69, 9.17) is 0 Å². The van der Waals surface area contributed by atoms with E-state index in [0.29, 0.717) is 19.0 Å². The van der Waals surface area contributed by atoms with Crippen molar-refractivity contribution in [2.45, 2.75) is 38.1 Å².